The average molecular weight is 461 g/mol. The minimum absolute atomic E-state index is 0.303. The molecule has 0 aliphatic carbocycles. The molecule has 2 heterocycles. The fourth-order valence-electron chi connectivity index (χ4n) is 5.20. The second-order valence-corrected chi connectivity index (χ2v) is 8.54. The Bertz CT molecular complexity index is 1300. The molecule has 2 aliphatic rings. The van der Waals surface area contributed by atoms with E-state index in [1.807, 2.05) is 109 Å². The number of para-hydroxylation sites is 4. The van der Waals surface area contributed by atoms with Crippen molar-refractivity contribution in [3.63, 3.8) is 0 Å². The summed E-state index contributed by atoms with van der Waals surface area (Å²) in [5, 5.41) is 0. The van der Waals surface area contributed by atoms with E-state index in [4.69, 9.17) is 0 Å². The lowest BCUT2D eigenvalue weighted by molar-refractivity contribution is -0.121. The second kappa shape index (κ2) is 8.33. The first-order valence-corrected chi connectivity index (χ1v) is 11.7. The van der Waals surface area contributed by atoms with Crippen LogP contribution in [-0.4, -0.2) is 30.8 Å². The number of carbonyl (C=O) groups excluding carboxylic acids is 2. The van der Waals surface area contributed by atoms with Crippen molar-refractivity contribution in [1.82, 2.24) is 0 Å². The molecule has 2 aliphatic heterocycles. The molecule has 4 aromatic carbocycles. The van der Waals surface area contributed by atoms with Crippen molar-refractivity contribution in [3.8, 4) is 0 Å². The first-order valence-electron chi connectivity index (χ1n) is 11.7. The van der Waals surface area contributed by atoms with E-state index in [0.29, 0.717) is 24.5 Å². The van der Waals surface area contributed by atoms with Gasteiger partial charge in [0.2, 0.25) is 0 Å². The molecule has 1 spiro atoms. The number of hydrogen-bond donors (Lipinski definition) is 0. The molecule has 3 amide bonds. The molecule has 0 saturated carbocycles. The van der Waals surface area contributed by atoms with Crippen LogP contribution in [0.3, 0.4) is 0 Å². The summed E-state index contributed by atoms with van der Waals surface area (Å²) in [7, 11) is 0. The van der Waals surface area contributed by atoms with E-state index in [1.165, 1.54) is 4.90 Å². The number of carbonyl (C=O) groups is 2. The highest BCUT2D eigenvalue weighted by Gasteiger charge is 2.68. The molecule has 35 heavy (non-hydrogen) atoms. The van der Waals surface area contributed by atoms with Crippen molar-refractivity contribution >= 4 is 34.7 Å². The minimum Gasteiger partial charge on any atom is -0.321 e. The van der Waals surface area contributed by atoms with Crippen LogP contribution in [-0.2, 0) is 4.79 Å². The van der Waals surface area contributed by atoms with Gasteiger partial charge >= 0.3 is 11.9 Å². The predicted molar refractivity (Wildman–Crippen MR) is 139 cm³/mol. The van der Waals surface area contributed by atoms with Crippen molar-refractivity contribution in [3.05, 3.63) is 121 Å². The van der Waals surface area contributed by atoms with E-state index in [0.717, 1.165) is 11.4 Å². The predicted octanol–water partition coefficient (Wildman–Crippen LogP) is 5.34. The highest BCUT2D eigenvalue weighted by molar-refractivity contribution is 6.32. The van der Waals surface area contributed by atoms with Gasteiger partial charge in [0.15, 0.2) is 0 Å². The molecule has 2 fully saturated rings. The van der Waals surface area contributed by atoms with Crippen LogP contribution in [0.4, 0.5) is 27.5 Å². The van der Waals surface area contributed by atoms with E-state index >= 15 is 0 Å². The van der Waals surface area contributed by atoms with Gasteiger partial charge in [-0.15, -0.1) is 0 Å². The maximum Gasteiger partial charge on any atom is 0.339 e. The summed E-state index contributed by atoms with van der Waals surface area (Å²) >= 11 is 0. The number of benzene rings is 4. The molecule has 0 atom stereocenters. The number of hydrogen-bond acceptors (Lipinski definition) is 4. The molecule has 0 aromatic heterocycles. The maximum absolute atomic E-state index is 14.7. The zero-order valence-corrected chi connectivity index (χ0v) is 19.1. The molecular formula is C29H24N4O2. The van der Waals surface area contributed by atoms with Crippen LogP contribution < -0.4 is 19.6 Å². The number of rotatable bonds is 4. The van der Waals surface area contributed by atoms with Gasteiger partial charge in [-0.3, -0.25) is 4.79 Å². The van der Waals surface area contributed by atoms with Crippen LogP contribution in [0.15, 0.2) is 121 Å². The molecule has 0 unspecified atom stereocenters. The Kier molecular flexibility index (Phi) is 4.99. The molecule has 0 N–H and O–H groups in total. The van der Waals surface area contributed by atoms with Crippen LogP contribution in [0.1, 0.15) is 0 Å². The SMILES string of the molecule is O=C1N(c2ccccc2)C(=O)C2(N(c3ccccc3)CCN2c2ccccc2)N1c1ccccc1. The van der Waals surface area contributed by atoms with E-state index < -0.39 is 5.79 Å². The first kappa shape index (κ1) is 21.0. The van der Waals surface area contributed by atoms with Gasteiger partial charge in [-0.1, -0.05) is 72.8 Å². The van der Waals surface area contributed by atoms with Crippen LogP contribution in [0.25, 0.3) is 0 Å². The monoisotopic (exact) mass is 460 g/mol. The molecule has 0 bridgehead atoms. The lowest BCUT2D eigenvalue weighted by atomic mass is 10.1. The number of anilines is 4. The number of imide groups is 1. The Labute approximate surface area is 204 Å². The van der Waals surface area contributed by atoms with Crippen LogP contribution in [0.2, 0.25) is 0 Å². The van der Waals surface area contributed by atoms with Crippen LogP contribution >= 0.6 is 0 Å². The Hall–Kier alpha value is -4.58. The molecular weight excluding hydrogens is 436 g/mol. The summed E-state index contributed by atoms with van der Waals surface area (Å²) in [6, 6.07) is 37.9. The second-order valence-electron chi connectivity index (χ2n) is 8.54. The number of nitrogens with zero attached hydrogens (tertiary/aromatic N) is 4. The van der Waals surface area contributed by atoms with Crippen molar-refractivity contribution in [2.75, 3.05) is 32.7 Å². The lowest BCUT2D eigenvalue weighted by Gasteiger charge is -2.45. The van der Waals surface area contributed by atoms with Gasteiger partial charge in [0, 0.05) is 24.5 Å². The summed E-state index contributed by atoms with van der Waals surface area (Å²) in [5.41, 5.74) is 2.96. The summed E-state index contributed by atoms with van der Waals surface area (Å²) in [4.78, 5) is 35.9. The molecule has 2 saturated heterocycles. The van der Waals surface area contributed by atoms with Crippen molar-refractivity contribution in [1.29, 1.82) is 0 Å². The van der Waals surface area contributed by atoms with E-state index in [1.54, 1.807) is 17.0 Å². The summed E-state index contributed by atoms with van der Waals surface area (Å²) in [6.07, 6.45) is 0. The summed E-state index contributed by atoms with van der Waals surface area (Å²) < 4.78 is 0. The lowest BCUT2D eigenvalue weighted by Crippen LogP contribution is -2.68. The van der Waals surface area contributed by atoms with Crippen LogP contribution in [0, 0.1) is 0 Å². The van der Waals surface area contributed by atoms with Crippen molar-refractivity contribution in [2.24, 2.45) is 0 Å². The topological polar surface area (TPSA) is 47.1 Å². The van der Waals surface area contributed by atoms with Crippen molar-refractivity contribution < 1.29 is 9.59 Å². The molecule has 0 radical (unpaired) electrons. The van der Waals surface area contributed by atoms with Crippen LogP contribution in [0.5, 0.6) is 0 Å². The quantitative estimate of drug-likeness (QED) is 0.386. The Morgan fingerprint density at radius 3 is 1.29 bits per heavy atom. The fraction of sp³-hybridized carbons (Fsp3) is 0.103. The third-order valence-electron chi connectivity index (χ3n) is 6.65. The Morgan fingerprint density at radius 1 is 0.486 bits per heavy atom. The zero-order chi connectivity index (χ0) is 23.8. The molecule has 6 rings (SSSR count). The van der Waals surface area contributed by atoms with E-state index in [-0.39, 0.29) is 11.9 Å². The normalized spacial score (nSPS) is 17.0. The van der Waals surface area contributed by atoms with E-state index in [2.05, 4.69) is 9.80 Å². The van der Waals surface area contributed by atoms with E-state index in [9.17, 15) is 9.59 Å². The number of urea groups is 1. The molecule has 6 nitrogen and oxygen atoms in total. The minimum atomic E-state index is -1.41. The maximum atomic E-state index is 14.7. The van der Waals surface area contributed by atoms with Gasteiger partial charge < -0.3 is 9.80 Å². The zero-order valence-electron chi connectivity index (χ0n) is 19.1. The molecule has 172 valence electrons. The smallest absolute Gasteiger partial charge is 0.321 e. The Morgan fingerprint density at radius 2 is 0.857 bits per heavy atom. The number of amides is 3. The molecule has 4 aromatic rings. The van der Waals surface area contributed by atoms with Gasteiger partial charge in [0.05, 0.1) is 11.4 Å². The third-order valence-corrected chi connectivity index (χ3v) is 6.65. The summed E-state index contributed by atoms with van der Waals surface area (Å²) in [6.45, 7) is 1.15. The highest BCUT2D eigenvalue weighted by Crippen LogP contribution is 2.46. The fourth-order valence-corrected chi connectivity index (χ4v) is 5.20. The van der Waals surface area contributed by atoms with Gasteiger partial charge in [0.25, 0.3) is 5.79 Å². The average Bonchev–Trinajstić information content (AvgIpc) is 3.42. The van der Waals surface area contributed by atoms with Gasteiger partial charge in [-0.25, -0.2) is 14.6 Å². The van der Waals surface area contributed by atoms with Gasteiger partial charge in [0.1, 0.15) is 0 Å². The van der Waals surface area contributed by atoms with Gasteiger partial charge in [-0.2, -0.15) is 0 Å². The largest absolute Gasteiger partial charge is 0.339 e. The Balaban J connectivity index is 1.64. The third kappa shape index (κ3) is 3.10. The van der Waals surface area contributed by atoms with Crippen molar-refractivity contribution in [2.45, 2.75) is 5.79 Å². The molecule has 6 heteroatoms. The first-order chi connectivity index (χ1) is 17.2. The highest BCUT2D eigenvalue weighted by atomic mass is 16.2. The summed E-state index contributed by atoms with van der Waals surface area (Å²) in [5.74, 6) is -1.71. The van der Waals surface area contributed by atoms with Gasteiger partial charge in [-0.05, 0) is 48.5 Å². The standard InChI is InChI=1S/C29H24N4O2/c34-27-29(30(23-13-5-1-6-14-23)21-22-31(29)24-15-7-2-8-16-24)33(26-19-11-4-12-20-26)28(35)32(27)25-17-9-3-10-18-25/h1-20H,21-22H2.